The van der Waals surface area contributed by atoms with Crippen LogP contribution in [-0.4, -0.2) is 37.0 Å². The summed E-state index contributed by atoms with van der Waals surface area (Å²) in [5, 5.41) is 13.4. The zero-order chi connectivity index (χ0) is 22.1. The Morgan fingerprint density at radius 2 is 1.81 bits per heavy atom. The van der Waals surface area contributed by atoms with Crippen molar-refractivity contribution in [3.8, 4) is 11.8 Å². The topological polar surface area (TPSA) is 69.6 Å². The van der Waals surface area contributed by atoms with Crippen LogP contribution in [0.1, 0.15) is 55.7 Å². The number of sulfonamides is 1. The van der Waals surface area contributed by atoms with E-state index in [0.717, 1.165) is 16.8 Å². The summed E-state index contributed by atoms with van der Waals surface area (Å²) < 4.78 is 28.7. The van der Waals surface area contributed by atoms with E-state index in [2.05, 4.69) is 23.2 Å². The molecular formula is C26H30N2O3S. The number of nitrogens with zero attached hydrogens (tertiary/aromatic N) is 1. The summed E-state index contributed by atoms with van der Waals surface area (Å²) in [6, 6.07) is 14.2. The number of aliphatic hydroxyl groups excluding tert-OH is 1. The molecule has 0 radical (unpaired) electrons. The fourth-order valence-corrected chi connectivity index (χ4v) is 7.21. The Morgan fingerprint density at radius 3 is 2.56 bits per heavy atom. The average Bonchev–Trinajstić information content (AvgIpc) is 3.30. The van der Waals surface area contributed by atoms with Crippen molar-refractivity contribution in [1.29, 1.82) is 0 Å². The number of anilines is 1. The highest BCUT2D eigenvalue weighted by Gasteiger charge is 2.48. The van der Waals surface area contributed by atoms with Crippen LogP contribution < -0.4 is 5.32 Å². The van der Waals surface area contributed by atoms with Gasteiger partial charge in [-0.05, 0) is 55.2 Å². The van der Waals surface area contributed by atoms with E-state index in [1.807, 2.05) is 18.2 Å². The van der Waals surface area contributed by atoms with Crippen LogP contribution in [0.15, 0.2) is 53.4 Å². The molecule has 5 rings (SSSR count). The maximum atomic E-state index is 13.5. The lowest BCUT2D eigenvalue weighted by Gasteiger charge is -2.38. The van der Waals surface area contributed by atoms with Gasteiger partial charge >= 0.3 is 0 Å². The highest BCUT2D eigenvalue weighted by Crippen LogP contribution is 2.48. The molecule has 1 saturated carbocycles. The number of nitrogens with one attached hydrogen (secondary N) is 1. The van der Waals surface area contributed by atoms with Crippen LogP contribution in [0.4, 0.5) is 5.69 Å². The second-order valence-electron chi connectivity index (χ2n) is 9.17. The maximum absolute atomic E-state index is 13.5. The van der Waals surface area contributed by atoms with Crippen molar-refractivity contribution in [2.75, 3.05) is 18.5 Å². The predicted octanol–water partition coefficient (Wildman–Crippen LogP) is 4.16. The summed E-state index contributed by atoms with van der Waals surface area (Å²) >= 11 is 0. The van der Waals surface area contributed by atoms with Gasteiger partial charge in [-0.25, -0.2) is 8.42 Å². The van der Waals surface area contributed by atoms with Gasteiger partial charge in [-0.2, -0.15) is 4.31 Å². The number of hydrogen-bond acceptors (Lipinski definition) is 4. The minimum atomic E-state index is -3.64. The van der Waals surface area contributed by atoms with E-state index in [1.165, 1.54) is 32.1 Å². The molecule has 32 heavy (non-hydrogen) atoms. The first-order valence-corrected chi connectivity index (χ1v) is 13.1. The van der Waals surface area contributed by atoms with Gasteiger partial charge in [0, 0.05) is 29.6 Å². The first-order chi connectivity index (χ1) is 15.6. The lowest BCUT2D eigenvalue weighted by Crippen LogP contribution is -2.42. The molecule has 0 spiro atoms. The molecule has 2 fully saturated rings. The average molecular weight is 451 g/mol. The SMILES string of the molecule is O=S(=O)(c1ccccc1)N1CC[C@@H]2[C@H](CO)Nc3ccc(C#CC4CCCCC4)cc3[C@@H]21. The third-order valence-electron chi connectivity index (χ3n) is 7.20. The van der Waals surface area contributed by atoms with Crippen molar-refractivity contribution >= 4 is 15.7 Å². The molecule has 2 N–H and O–H groups in total. The number of hydrogen-bond donors (Lipinski definition) is 2. The van der Waals surface area contributed by atoms with Gasteiger partial charge in [-0.1, -0.05) is 49.3 Å². The Morgan fingerprint density at radius 1 is 1.03 bits per heavy atom. The summed E-state index contributed by atoms with van der Waals surface area (Å²) in [5.41, 5.74) is 2.79. The Bertz CT molecular complexity index is 1130. The maximum Gasteiger partial charge on any atom is 0.243 e. The Labute approximate surface area is 190 Å². The van der Waals surface area contributed by atoms with Crippen molar-refractivity contribution in [3.05, 3.63) is 59.7 Å². The third kappa shape index (κ3) is 3.94. The molecule has 0 bridgehead atoms. The fourth-order valence-electron chi connectivity index (χ4n) is 5.53. The summed E-state index contributed by atoms with van der Waals surface area (Å²) in [5.74, 6) is 7.29. The van der Waals surface area contributed by atoms with E-state index in [9.17, 15) is 13.5 Å². The van der Waals surface area contributed by atoms with Crippen LogP contribution in [0.25, 0.3) is 0 Å². The number of benzene rings is 2. The molecule has 1 aliphatic carbocycles. The van der Waals surface area contributed by atoms with Crippen LogP contribution >= 0.6 is 0 Å². The minimum Gasteiger partial charge on any atom is -0.394 e. The highest BCUT2D eigenvalue weighted by molar-refractivity contribution is 7.89. The van der Waals surface area contributed by atoms with Gasteiger partial charge in [0.25, 0.3) is 0 Å². The summed E-state index contributed by atoms with van der Waals surface area (Å²) in [4.78, 5) is 0.314. The Hall–Kier alpha value is -2.33. The lowest BCUT2D eigenvalue weighted by atomic mass is 9.83. The monoisotopic (exact) mass is 450 g/mol. The summed E-state index contributed by atoms with van der Waals surface area (Å²) in [7, 11) is -3.64. The first-order valence-electron chi connectivity index (χ1n) is 11.7. The number of aliphatic hydroxyl groups is 1. The third-order valence-corrected chi connectivity index (χ3v) is 9.09. The van der Waals surface area contributed by atoms with Crippen LogP contribution in [0, 0.1) is 23.7 Å². The van der Waals surface area contributed by atoms with E-state index < -0.39 is 10.0 Å². The molecule has 1 saturated heterocycles. The van der Waals surface area contributed by atoms with Crippen LogP contribution in [0.2, 0.25) is 0 Å². The molecule has 2 aliphatic heterocycles. The van der Waals surface area contributed by atoms with Gasteiger partial charge in [-0.3, -0.25) is 0 Å². The molecule has 0 amide bonds. The van der Waals surface area contributed by atoms with Crippen molar-refractivity contribution in [2.45, 2.75) is 55.5 Å². The van der Waals surface area contributed by atoms with E-state index in [0.29, 0.717) is 23.8 Å². The first kappa shape index (κ1) is 21.5. The summed E-state index contributed by atoms with van der Waals surface area (Å²) in [6.07, 6.45) is 6.88. The van der Waals surface area contributed by atoms with Crippen LogP contribution in [0.5, 0.6) is 0 Å². The Balaban J connectivity index is 1.52. The van der Waals surface area contributed by atoms with E-state index in [1.54, 1.807) is 28.6 Å². The molecule has 0 aromatic heterocycles. The van der Waals surface area contributed by atoms with Gasteiger partial charge in [0.15, 0.2) is 0 Å². The van der Waals surface area contributed by atoms with Gasteiger partial charge in [0.2, 0.25) is 10.0 Å². The van der Waals surface area contributed by atoms with Crippen molar-refractivity contribution in [3.63, 3.8) is 0 Å². The van der Waals surface area contributed by atoms with Gasteiger partial charge in [0.1, 0.15) is 0 Å². The molecular weight excluding hydrogens is 420 g/mol. The fraction of sp³-hybridized carbons (Fsp3) is 0.462. The zero-order valence-electron chi connectivity index (χ0n) is 18.2. The van der Waals surface area contributed by atoms with Crippen molar-refractivity contribution in [2.24, 2.45) is 11.8 Å². The van der Waals surface area contributed by atoms with E-state index in [4.69, 9.17) is 0 Å². The van der Waals surface area contributed by atoms with Gasteiger partial charge in [0.05, 0.1) is 23.6 Å². The zero-order valence-corrected chi connectivity index (χ0v) is 19.0. The van der Waals surface area contributed by atoms with Crippen molar-refractivity contribution in [1.82, 2.24) is 4.31 Å². The van der Waals surface area contributed by atoms with E-state index in [-0.39, 0.29) is 24.6 Å². The largest absolute Gasteiger partial charge is 0.394 e. The minimum absolute atomic E-state index is 0.0209. The standard InChI is InChI=1S/C26H30N2O3S/c29-18-25-22-15-16-28(32(30,31)21-9-5-2-6-10-21)26(22)23-17-20(13-14-24(23)27-25)12-11-19-7-3-1-4-8-19/h2,5-6,9-10,13-14,17,19,22,25-27,29H,1,3-4,7-8,15-16,18H2/t22-,25+,26-/m1/s1. The molecule has 2 heterocycles. The summed E-state index contributed by atoms with van der Waals surface area (Å²) in [6.45, 7) is 0.422. The molecule has 3 aliphatic rings. The predicted molar refractivity (Wildman–Crippen MR) is 126 cm³/mol. The molecule has 0 unspecified atom stereocenters. The second kappa shape index (κ2) is 8.90. The number of fused-ring (bicyclic) bond motifs is 3. The van der Waals surface area contributed by atoms with E-state index >= 15 is 0 Å². The molecule has 5 nitrogen and oxygen atoms in total. The van der Waals surface area contributed by atoms with Gasteiger partial charge < -0.3 is 10.4 Å². The molecule has 168 valence electrons. The normalized spacial score (nSPS) is 25.8. The van der Waals surface area contributed by atoms with Gasteiger partial charge in [-0.15, -0.1) is 0 Å². The number of rotatable bonds is 3. The van der Waals surface area contributed by atoms with Crippen LogP contribution in [0.3, 0.4) is 0 Å². The molecule has 6 heteroatoms. The quantitative estimate of drug-likeness (QED) is 0.689. The smallest absolute Gasteiger partial charge is 0.243 e. The van der Waals surface area contributed by atoms with Crippen molar-refractivity contribution < 1.29 is 13.5 Å². The lowest BCUT2D eigenvalue weighted by molar-refractivity contribution is 0.210. The second-order valence-corrected chi connectivity index (χ2v) is 11.1. The van der Waals surface area contributed by atoms with Crippen LogP contribution in [-0.2, 0) is 10.0 Å². The molecule has 2 aromatic carbocycles. The molecule has 3 atom stereocenters. The Kier molecular flexibility index (Phi) is 5.98. The highest BCUT2D eigenvalue weighted by atomic mass is 32.2. The molecule has 2 aromatic rings.